The van der Waals surface area contributed by atoms with Gasteiger partial charge >= 0.3 is 6.03 Å². The minimum Gasteiger partial charge on any atom is -0.307 e. The first-order chi connectivity index (χ1) is 13.8. The Morgan fingerprint density at radius 3 is 2.41 bits per heavy atom. The minimum absolute atomic E-state index is 0.0521. The molecule has 0 saturated carbocycles. The van der Waals surface area contributed by atoms with Crippen LogP contribution in [0.5, 0.6) is 0 Å². The summed E-state index contributed by atoms with van der Waals surface area (Å²) < 4.78 is 26.7. The molecule has 0 aliphatic carbocycles. The highest BCUT2D eigenvalue weighted by atomic mass is 32.2. The van der Waals surface area contributed by atoms with Gasteiger partial charge in [0.25, 0.3) is 0 Å². The van der Waals surface area contributed by atoms with Gasteiger partial charge < -0.3 is 5.32 Å². The molecule has 2 N–H and O–H groups in total. The number of hydrogen-bond donors (Lipinski definition) is 2. The van der Waals surface area contributed by atoms with Crippen LogP contribution in [0.3, 0.4) is 0 Å². The number of amides is 2. The topological polar surface area (TPSA) is 93.1 Å². The van der Waals surface area contributed by atoms with Gasteiger partial charge in [-0.15, -0.1) is 0 Å². The van der Waals surface area contributed by atoms with Crippen molar-refractivity contribution in [1.29, 1.82) is 0 Å². The molecule has 29 heavy (non-hydrogen) atoms. The first kappa shape index (κ1) is 20.6. The second-order valence-electron chi connectivity index (χ2n) is 6.77. The van der Waals surface area contributed by atoms with Crippen molar-refractivity contribution in [2.45, 2.75) is 25.2 Å². The molecule has 0 spiro atoms. The van der Waals surface area contributed by atoms with Crippen LogP contribution in [0.25, 0.3) is 11.1 Å². The molecule has 0 radical (unpaired) electrons. The Hall–Kier alpha value is -3.13. The van der Waals surface area contributed by atoms with Crippen LogP contribution in [-0.2, 0) is 16.9 Å². The number of anilines is 2. The largest absolute Gasteiger partial charge is 0.324 e. The lowest BCUT2D eigenvalue weighted by Gasteiger charge is -2.14. The van der Waals surface area contributed by atoms with Crippen molar-refractivity contribution < 1.29 is 13.2 Å². The van der Waals surface area contributed by atoms with Crippen LogP contribution < -0.4 is 10.6 Å². The van der Waals surface area contributed by atoms with Gasteiger partial charge in [-0.3, -0.25) is 10.00 Å². The predicted octanol–water partition coefficient (Wildman–Crippen LogP) is 4.22. The van der Waals surface area contributed by atoms with E-state index >= 15 is 0 Å². The molecular formula is C21H24N4O3S. The zero-order valence-corrected chi connectivity index (χ0v) is 17.5. The molecule has 0 fully saturated rings. The van der Waals surface area contributed by atoms with Crippen LogP contribution in [-0.4, -0.2) is 30.0 Å². The summed E-state index contributed by atoms with van der Waals surface area (Å²) in [6.07, 6.45) is 0.519. The predicted molar refractivity (Wildman–Crippen MR) is 115 cm³/mol. The van der Waals surface area contributed by atoms with Gasteiger partial charge in [0, 0.05) is 24.4 Å². The fraction of sp³-hybridized carbons (Fsp3) is 0.238. The third-order valence-electron chi connectivity index (χ3n) is 4.51. The maximum Gasteiger partial charge on any atom is 0.324 e. The SMILES string of the molecule is CCCS(=O)(=O)c1ccc(-c2ccccc2)c(NC(=O)Nc2cc(C)n(C)n2)c1. The van der Waals surface area contributed by atoms with E-state index in [1.807, 2.05) is 44.2 Å². The lowest BCUT2D eigenvalue weighted by Crippen LogP contribution is -2.20. The molecule has 0 atom stereocenters. The van der Waals surface area contributed by atoms with E-state index in [9.17, 15) is 13.2 Å². The average molecular weight is 413 g/mol. The van der Waals surface area contributed by atoms with Gasteiger partial charge in [-0.2, -0.15) is 5.10 Å². The quantitative estimate of drug-likeness (QED) is 0.634. The molecule has 8 heteroatoms. The summed E-state index contributed by atoms with van der Waals surface area (Å²) in [6, 6.07) is 15.5. The lowest BCUT2D eigenvalue weighted by molar-refractivity contribution is 0.262. The molecule has 0 unspecified atom stereocenters. The number of aromatic nitrogens is 2. The van der Waals surface area contributed by atoms with Crippen molar-refractivity contribution in [3.8, 4) is 11.1 Å². The molecular weight excluding hydrogens is 388 g/mol. The highest BCUT2D eigenvalue weighted by Crippen LogP contribution is 2.31. The summed E-state index contributed by atoms with van der Waals surface area (Å²) in [5.74, 6) is 0.467. The highest BCUT2D eigenvalue weighted by Gasteiger charge is 2.17. The average Bonchev–Trinajstić information content (AvgIpc) is 2.99. The summed E-state index contributed by atoms with van der Waals surface area (Å²) in [7, 11) is -1.63. The van der Waals surface area contributed by atoms with Gasteiger partial charge in [0.2, 0.25) is 0 Å². The van der Waals surface area contributed by atoms with Gasteiger partial charge in [0.1, 0.15) is 0 Å². The van der Waals surface area contributed by atoms with Crippen LogP contribution in [0.4, 0.5) is 16.3 Å². The van der Waals surface area contributed by atoms with E-state index in [2.05, 4.69) is 15.7 Å². The van der Waals surface area contributed by atoms with E-state index in [4.69, 9.17) is 0 Å². The molecule has 0 saturated heterocycles. The van der Waals surface area contributed by atoms with E-state index in [-0.39, 0.29) is 10.6 Å². The Balaban J connectivity index is 1.95. The van der Waals surface area contributed by atoms with Gasteiger partial charge in [0.05, 0.1) is 16.3 Å². The third-order valence-corrected chi connectivity index (χ3v) is 6.43. The molecule has 2 amide bonds. The molecule has 7 nitrogen and oxygen atoms in total. The Kier molecular flexibility index (Phi) is 6.03. The lowest BCUT2D eigenvalue weighted by atomic mass is 10.0. The number of nitrogens with zero attached hydrogens (tertiary/aromatic N) is 2. The number of rotatable bonds is 6. The van der Waals surface area contributed by atoms with Crippen LogP contribution >= 0.6 is 0 Å². The number of hydrogen-bond acceptors (Lipinski definition) is 4. The van der Waals surface area contributed by atoms with E-state index in [1.165, 1.54) is 6.07 Å². The number of sulfone groups is 1. The van der Waals surface area contributed by atoms with Crippen LogP contribution in [0.15, 0.2) is 59.5 Å². The molecule has 0 bridgehead atoms. The first-order valence-electron chi connectivity index (χ1n) is 9.31. The molecule has 1 heterocycles. The van der Waals surface area contributed by atoms with Gasteiger partial charge in [-0.1, -0.05) is 43.3 Å². The Morgan fingerprint density at radius 2 is 1.79 bits per heavy atom. The third kappa shape index (κ3) is 4.83. The zero-order chi connectivity index (χ0) is 21.0. The standard InChI is InChI=1S/C21H24N4O3S/c1-4-12-29(27,28)17-10-11-18(16-8-6-5-7-9-16)19(14-17)22-21(26)23-20-13-15(2)25(3)24-20/h5-11,13-14H,4,12H2,1-3H3,(H2,22,23,24,26). The summed E-state index contributed by atoms with van der Waals surface area (Å²) in [5.41, 5.74) is 2.92. The Bertz CT molecular complexity index is 1100. The summed E-state index contributed by atoms with van der Waals surface area (Å²) >= 11 is 0. The number of carbonyl (C=O) groups is 1. The minimum atomic E-state index is -3.42. The van der Waals surface area contributed by atoms with Crippen LogP contribution in [0, 0.1) is 6.92 Å². The van der Waals surface area contributed by atoms with E-state index in [0.717, 1.165) is 16.8 Å². The van der Waals surface area contributed by atoms with Crippen LogP contribution in [0.1, 0.15) is 19.0 Å². The van der Waals surface area contributed by atoms with Crippen molar-refractivity contribution in [2.24, 2.45) is 7.05 Å². The molecule has 0 aliphatic heterocycles. The maximum atomic E-state index is 12.6. The molecule has 0 aliphatic rings. The maximum absolute atomic E-state index is 12.6. The van der Waals surface area contributed by atoms with Crippen molar-refractivity contribution >= 4 is 27.4 Å². The molecule has 3 aromatic rings. The summed E-state index contributed by atoms with van der Waals surface area (Å²) in [6.45, 7) is 3.70. The van der Waals surface area contributed by atoms with Crippen LogP contribution in [0.2, 0.25) is 0 Å². The molecule has 152 valence electrons. The smallest absolute Gasteiger partial charge is 0.307 e. The first-order valence-corrected chi connectivity index (χ1v) is 11.0. The second-order valence-corrected chi connectivity index (χ2v) is 8.88. The number of nitrogens with one attached hydrogen (secondary N) is 2. The summed E-state index contributed by atoms with van der Waals surface area (Å²) in [4.78, 5) is 12.7. The van der Waals surface area contributed by atoms with E-state index < -0.39 is 15.9 Å². The van der Waals surface area contributed by atoms with Crippen molar-refractivity contribution in [1.82, 2.24) is 9.78 Å². The summed E-state index contributed by atoms with van der Waals surface area (Å²) in [5, 5.41) is 9.66. The van der Waals surface area contributed by atoms with Crippen molar-refractivity contribution in [3.63, 3.8) is 0 Å². The number of aryl methyl sites for hydroxylation is 2. The van der Waals surface area contributed by atoms with Gasteiger partial charge in [0.15, 0.2) is 15.7 Å². The van der Waals surface area contributed by atoms with Gasteiger partial charge in [-0.05, 0) is 31.0 Å². The van der Waals surface area contributed by atoms with E-state index in [0.29, 0.717) is 17.9 Å². The van der Waals surface area contributed by atoms with Crippen molar-refractivity contribution in [2.75, 3.05) is 16.4 Å². The molecule has 1 aromatic heterocycles. The number of benzene rings is 2. The normalized spacial score (nSPS) is 11.3. The Labute approximate surface area is 170 Å². The fourth-order valence-electron chi connectivity index (χ4n) is 2.97. The number of carbonyl (C=O) groups excluding carboxylic acids is 1. The van der Waals surface area contributed by atoms with Gasteiger partial charge in [-0.25, -0.2) is 13.2 Å². The number of urea groups is 1. The fourth-order valence-corrected chi connectivity index (χ4v) is 4.31. The molecule has 2 aromatic carbocycles. The monoisotopic (exact) mass is 412 g/mol. The second kappa shape index (κ2) is 8.48. The van der Waals surface area contributed by atoms with E-state index in [1.54, 1.807) is 29.9 Å². The van der Waals surface area contributed by atoms with Crippen molar-refractivity contribution in [3.05, 3.63) is 60.3 Å². The highest BCUT2D eigenvalue weighted by molar-refractivity contribution is 7.91. The zero-order valence-electron chi connectivity index (χ0n) is 16.6. The Morgan fingerprint density at radius 1 is 1.07 bits per heavy atom. The molecule has 3 rings (SSSR count).